The number of amides is 2. The fourth-order valence-corrected chi connectivity index (χ4v) is 4.00. The Labute approximate surface area is 202 Å². The fraction of sp³-hybridized carbons (Fsp3) is 0.190. The molecule has 180 valence electrons. The molecule has 1 aliphatic rings. The maximum atomic E-state index is 12.9. The number of anilines is 1. The van der Waals surface area contributed by atoms with Crippen molar-refractivity contribution in [1.82, 2.24) is 34.8 Å². The molecule has 14 heteroatoms. The number of aromatic amines is 1. The number of H-pyrrole nitrogens is 1. The Kier molecular flexibility index (Phi) is 7.54. The van der Waals surface area contributed by atoms with Crippen molar-refractivity contribution in [2.24, 2.45) is 0 Å². The molecule has 0 aliphatic carbocycles. The molecule has 0 radical (unpaired) electrons. The lowest BCUT2D eigenvalue weighted by Crippen LogP contribution is -2.43. The predicted octanol–water partition coefficient (Wildman–Crippen LogP) is 2.05. The number of morpholine rings is 1. The Morgan fingerprint density at radius 3 is 2.74 bits per heavy atom. The van der Waals surface area contributed by atoms with Crippen LogP contribution in [0.1, 0.15) is 10.5 Å². The van der Waals surface area contributed by atoms with Gasteiger partial charge in [-0.1, -0.05) is 6.07 Å². The van der Waals surface area contributed by atoms with Crippen LogP contribution < -0.4 is 5.32 Å². The second-order valence-electron chi connectivity index (χ2n) is 7.02. The minimum atomic E-state index is -0.411. The zero-order chi connectivity index (χ0) is 24.6. The number of carbonyl (C=O) groups excluding carboxylic acids is 2. The Hall–Kier alpha value is -4.43. The van der Waals surface area contributed by atoms with E-state index < -0.39 is 5.91 Å². The van der Waals surface area contributed by atoms with Gasteiger partial charge in [-0.2, -0.15) is 14.9 Å². The van der Waals surface area contributed by atoms with Gasteiger partial charge in [0.25, 0.3) is 12.4 Å². The summed E-state index contributed by atoms with van der Waals surface area (Å²) in [6.07, 6.45) is 6.48. The van der Waals surface area contributed by atoms with Gasteiger partial charge >= 0.3 is 6.03 Å². The lowest BCUT2D eigenvalue weighted by atomic mass is 10.2. The van der Waals surface area contributed by atoms with Crippen LogP contribution >= 0.6 is 11.3 Å². The Bertz CT molecular complexity index is 1280. The lowest BCUT2D eigenvalue weighted by molar-refractivity contribution is -0.122. The van der Waals surface area contributed by atoms with Crippen LogP contribution in [0.25, 0.3) is 22.0 Å². The molecule has 1 saturated heterocycles. The van der Waals surface area contributed by atoms with Crippen LogP contribution in [0.5, 0.6) is 0 Å². The third-order valence-corrected chi connectivity index (χ3v) is 5.72. The highest BCUT2D eigenvalue weighted by Crippen LogP contribution is 2.27. The van der Waals surface area contributed by atoms with Crippen molar-refractivity contribution in [1.29, 1.82) is 0 Å². The highest BCUT2D eigenvalue weighted by molar-refractivity contribution is 7.13. The molecule has 1 aliphatic heterocycles. The number of nitrogens with zero attached hydrogens (tertiary/aromatic N) is 6. The summed E-state index contributed by atoms with van der Waals surface area (Å²) in [5, 5.41) is 23.1. The van der Waals surface area contributed by atoms with Crippen LogP contribution in [0.15, 0.2) is 48.4 Å². The third kappa shape index (κ3) is 5.56. The van der Waals surface area contributed by atoms with Crippen molar-refractivity contribution in [3.8, 4) is 22.0 Å². The van der Waals surface area contributed by atoms with Crippen molar-refractivity contribution in [2.45, 2.75) is 0 Å². The maximum Gasteiger partial charge on any atom is 0.344 e. The minimum Gasteiger partial charge on any atom is -0.483 e. The molecule has 3 N–H and O–H groups in total. The number of ether oxygens (including phenoxy) is 1. The van der Waals surface area contributed by atoms with Gasteiger partial charge in [-0.05, 0) is 12.1 Å². The van der Waals surface area contributed by atoms with Gasteiger partial charge in [0, 0.05) is 36.4 Å². The van der Waals surface area contributed by atoms with Gasteiger partial charge in [-0.3, -0.25) is 19.7 Å². The molecule has 5 heterocycles. The molecule has 0 unspecified atom stereocenters. The summed E-state index contributed by atoms with van der Waals surface area (Å²) >= 11 is 1.34. The van der Waals surface area contributed by atoms with Crippen molar-refractivity contribution in [3.05, 3.63) is 54.1 Å². The largest absolute Gasteiger partial charge is 0.483 e. The molecular formula is C21H20N8O5S. The van der Waals surface area contributed by atoms with Crippen molar-refractivity contribution < 1.29 is 24.2 Å². The Morgan fingerprint density at radius 2 is 2.06 bits per heavy atom. The number of hydrogen-bond acceptors (Lipinski definition) is 9. The topological polar surface area (TPSA) is 168 Å². The van der Waals surface area contributed by atoms with E-state index in [0.29, 0.717) is 48.4 Å². The first-order valence-electron chi connectivity index (χ1n) is 10.3. The standard InChI is InChI=1S/C20H18N8O3S.CH2O2/c29-18(16-12-32-19(25-16)13-9-22-23-10-13)24-15-11-28(20(30)27-5-7-31-8-6-27)26-17(15)14-3-1-2-4-21-14;2-1-3/h1-4,9-12H,5-8H2,(H,22,23)(H,24,29);1H,(H,2,3). The monoisotopic (exact) mass is 496 g/mol. The molecule has 0 bridgehead atoms. The van der Waals surface area contributed by atoms with E-state index in [1.807, 2.05) is 6.07 Å². The van der Waals surface area contributed by atoms with Crippen LogP contribution in [0.4, 0.5) is 10.5 Å². The van der Waals surface area contributed by atoms with Crippen LogP contribution in [0.3, 0.4) is 0 Å². The van der Waals surface area contributed by atoms with Crippen LogP contribution in [0, 0.1) is 0 Å². The van der Waals surface area contributed by atoms with E-state index in [9.17, 15) is 9.59 Å². The Balaban J connectivity index is 0.000000917. The van der Waals surface area contributed by atoms with E-state index in [2.05, 4.69) is 30.6 Å². The van der Waals surface area contributed by atoms with E-state index in [-0.39, 0.29) is 18.2 Å². The van der Waals surface area contributed by atoms with Gasteiger partial charge in [0.1, 0.15) is 16.4 Å². The highest BCUT2D eigenvalue weighted by atomic mass is 32.1. The average molecular weight is 497 g/mol. The van der Waals surface area contributed by atoms with Crippen LogP contribution in [-0.4, -0.2) is 84.7 Å². The molecule has 0 aromatic carbocycles. The summed E-state index contributed by atoms with van der Waals surface area (Å²) in [4.78, 5) is 44.5. The number of pyridine rings is 1. The second-order valence-corrected chi connectivity index (χ2v) is 7.88. The van der Waals surface area contributed by atoms with Crippen molar-refractivity contribution in [2.75, 3.05) is 31.6 Å². The molecule has 4 aromatic heterocycles. The quantitative estimate of drug-likeness (QED) is 0.358. The van der Waals surface area contributed by atoms with Crippen molar-refractivity contribution >= 4 is 35.4 Å². The normalized spacial score (nSPS) is 13.0. The number of aromatic nitrogens is 6. The predicted molar refractivity (Wildman–Crippen MR) is 125 cm³/mol. The first kappa shape index (κ1) is 23.7. The summed E-state index contributed by atoms with van der Waals surface area (Å²) < 4.78 is 6.54. The van der Waals surface area contributed by atoms with Gasteiger partial charge in [-0.25, -0.2) is 9.78 Å². The first-order valence-corrected chi connectivity index (χ1v) is 11.2. The van der Waals surface area contributed by atoms with Gasteiger partial charge in [0.2, 0.25) is 0 Å². The molecule has 35 heavy (non-hydrogen) atoms. The van der Waals surface area contributed by atoms with Crippen molar-refractivity contribution in [3.63, 3.8) is 0 Å². The zero-order valence-corrected chi connectivity index (χ0v) is 19.0. The number of thiazole rings is 1. The molecule has 0 spiro atoms. The van der Waals surface area contributed by atoms with E-state index in [4.69, 9.17) is 14.6 Å². The number of rotatable bonds is 4. The average Bonchev–Trinajstić information content (AvgIpc) is 3.66. The number of carbonyl (C=O) groups is 3. The summed E-state index contributed by atoms with van der Waals surface area (Å²) in [5.41, 5.74) is 2.35. The molecule has 4 aromatic rings. The number of nitrogens with one attached hydrogen (secondary N) is 2. The van der Waals surface area contributed by atoms with E-state index in [0.717, 1.165) is 5.56 Å². The lowest BCUT2D eigenvalue weighted by Gasteiger charge is -2.26. The van der Waals surface area contributed by atoms with Crippen LogP contribution in [0.2, 0.25) is 0 Å². The molecule has 5 rings (SSSR count). The number of carboxylic acid groups (broad SMARTS) is 1. The minimum absolute atomic E-state index is 0.250. The maximum absolute atomic E-state index is 12.9. The summed E-state index contributed by atoms with van der Waals surface area (Å²) in [7, 11) is 0. The Morgan fingerprint density at radius 1 is 1.26 bits per heavy atom. The van der Waals surface area contributed by atoms with Gasteiger partial charge in [-0.15, -0.1) is 11.3 Å². The summed E-state index contributed by atoms with van der Waals surface area (Å²) in [6, 6.07) is 5.07. The first-order chi connectivity index (χ1) is 17.1. The summed E-state index contributed by atoms with van der Waals surface area (Å²) in [6.45, 7) is 1.67. The van der Waals surface area contributed by atoms with Gasteiger partial charge in [0.05, 0.1) is 37.0 Å². The SMILES string of the molecule is O=C(Nc1cn(C(=O)N2CCOCC2)nc1-c1ccccn1)c1csc(-c2cn[nH]c2)n1.O=CO. The molecular weight excluding hydrogens is 476 g/mol. The van der Waals surface area contributed by atoms with Gasteiger partial charge < -0.3 is 20.1 Å². The number of hydrogen-bond donors (Lipinski definition) is 3. The van der Waals surface area contributed by atoms with E-state index >= 15 is 0 Å². The summed E-state index contributed by atoms with van der Waals surface area (Å²) in [5.74, 6) is -0.411. The second kappa shape index (κ2) is 11.1. The zero-order valence-electron chi connectivity index (χ0n) is 18.2. The van der Waals surface area contributed by atoms with Gasteiger partial charge in [0.15, 0.2) is 0 Å². The van der Waals surface area contributed by atoms with Crippen LogP contribution in [-0.2, 0) is 9.53 Å². The highest BCUT2D eigenvalue weighted by Gasteiger charge is 2.24. The molecule has 13 nitrogen and oxygen atoms in total. The fourth-order valence-electron chi connectivity index (χ4n) is 3.22. The smallest absolute Gasteiger partial charge is 0.344 e. The molecule has 1 fully saturated rings. The van der Waals surface area contributed by atoms with E-state index in [1.165, 1.54) is 22.2 Å². The van der Waals surface area contributed by atoms with E-state index in [1.54, 1.807) is 41.0 Å². The molecule has 0 atom stereocenters. The molecule has 2 amide bonds. The molecule has 0 saturated carbocycles. The third-order valence-electron chi connectivity index (χ3n) is 4.83.